The first-order valence-electron chi connectivity index (χ1n) is 15.0. The Morgan fingerprint density at radius 3 is 0.638 bits per heavy atom. The molecule has 0 aliphatic heterocycles. The molecule has 0 aliphatic carbocycles. The lowest BCUT2D eigenvalue weighted by Gasteiger charge is -2.42. The summed E-state index contributed by atoms with van der Waals surface area (Å²) in [7, 11) is -8.39. The molecule has 0 aromatic rings. The van der Waals surface area contributed by atoms with Crippen molar-refractivity contribution >= 4 is 7.82 Å². The highest BCUT2D eigenvalue weighted by Crippen LogP contribution is 2.68. The van der Waals surface area contributed by atoms with Crippen LogP contribution in [0.4, 0.5) is 65.9 Å². The van der Waals surface area contributed by atoms with Gasteiger partial charge < -0.3 is 0 Å². The maximum atomic E-state index is 15.2. The molecule has 0 radical (unpaired) electrons. The zero-order valence-electron chi connectivity index (χ0n) is 26.7. The van der Waals surface area contributed by atoms with Crippen LogP contribution in [0.3, 0.4) is 0 Å². The van der Waals surface area contributed by atoms with Crippen molar-refractivity contribution in [3.63, 3.8) is 0 Å². The van der Waals surface area contributed by atoms with Crippen molar-refractivity contribution in [2.45, 2.75) is 172 Å². The lowest BCUT2D eigenvalue weighted by molar-refractivity contribution is -0.393. The Labute approximate surface area is 264 Å². The summed E-state index contributed by atoms with van der Waals surface area (Å²) < 4.78 is 247. The minimum atomic E-state index is -8.39. The highest BCUT2D eigenvalue weighted by molar-refractivity contribution is 7.48. The average Bonchev–Trinajstić information content (AvgIpc) is 2.87. The normalized spacial score (nSPS) is 15.4. The summed E-state index contributed by atoms with van der Waals surface area (Å²) in [4.78, 5) is 0. The van der Waals surface area contributed by atoms with E-state index in [1.807, 2.05) is 0 Å². The number of hydrogen-bond acceptors (Lipinski definition) is 4. The van der Waals surface area contributed by atoms with Gasteiger partial charge in [0.15, 0.2) is 17.0 Å². The van der Waals surface area contributed by atoms with Crippen molar-refractivity contribution < 1.29 is 84.0 Å². The van der Waals surface area contributed by atoms with E-state index in [4.69, 9.17) is 0 Å². The molecular weight excluding hydrogens is 704 g/mol. The summed E-state index contributed by atoms with van der Waals surface area (Å²) in [6, 6.07) is 0. The van der Waals surface area contributed by atoms with Crippen molar-refractivity contribution in [3.8, 4) is 0 Å². The highest BCUT2D eigenvalue weighted by atomic mass is 31.2. The van der Waals surface area contributed by atoms with Gasteiger partial charge in [-0.2, -0.15) is 52.7 Å². The first kappa shape index (κ1) is 46.1. The van der Waals surface area contributed by atoms with Crippen LogP contribution >= 0.6 is 7.82 Å². The van der Waals surface area contributed by atoms with Crippen LogP contribution in [0.25, 0.3) is 0 Å². The fourth-order valence-corrected chi connectivity index (χ4v) is 6.42. The third-order valence-corrected chi connectivity index (χ3v) is 8.70. The van der Waals surface area contributed by atoms with Crippen molar-refractivity contribution in [1.82, 2.24) is 0 Å². The second-order valence-electron chi connectivity index (χ2n) is 11.4. The predicted molar refractivity (Wildman–Crippen MR) is 142 cm³/mol. The first-order valence-corrected chi connectivity index (χ1v) is 16.5. The van der Waals surface area contributed by atoms with Gasteiger partial charge in [0.1, 0.15) is 0 Å². The lowest BCUT2D eigenvalue weighted by atomic mass is 9.87. The molecule has 0 N–H and O–H groups in total. The highest BCUT2D eigenvalue weighted by Gasteiger charge is 2.79. The Morgan fingerprint density at radius 2 is 0.511 bits per heavy atom. The van der Waals surface area contributed by atoms with Crippen molar-refractivity contribution in [2.75, 3.05) is 0 Å². The maximum Gasteiger partial charge on any atom is 0.489 e. The standard InChI is InChI=1S/C27H42F15O4P/c1-7-13-19(28,14-8-2)22(31,32)25(37,38)44-47(43,45-26(39,40)23(33,34)20(29,15-9-3)16-10-4)46-27(41,42)24(35,36)21(30,17-11-5)18-12-6/h7-18H2,1-6H3. The molecule has 0 atom stereocenters. The Bertz CT molecular complexity index is 884. The molecule has 0 unspecified atom stereocenters. The molecule has 0 aromatic heterocycles. The van der Waals surface area contributed by atoms with Crippen LogP contribution in [-0.2, 0) is 18.1 Å². The number of hydrogen-bond donors (Lipinski definition) is 0. The van der Waals surface area contributed by atoms with Gasteiger partial charge in [-0.15, -0.1) is 0 Å². The van der Waals surface area contributed by atoms with E-state index < -0.39 is 138 Å². The molecule has 0 aromatic carbocycles. The van der Waals surface area contributed by atoms with Crippen LogP contribution in [0.1, 0.15) is 119 Å². The van der Waals surface area contributed by atoms with E-state index in [9.17, 15) is 57.3 Å². The zero-order chi connectivity index (χ0) is 37.6. The largest absolute Gasteiger partial charge is 0.489 e. The molecule has 0 saturated heterocycles. The Kier molecular flexibility index (Phi) is 15.6. The molecule has 0 bridgehead atoms. The number of phosphoric acid groups is 1. The third-order valence-electron chi connectivity index (χ3n) is 7.34. The average molecular weight is 747 g/mol. The van der Waals surface area contributed by atoms with Crippen molar-refractivity contribution in [1.29, 1.82) is 0 Å². The molecule has 0 saturated carbocycles. The summed E-state index contributed by atoms with van der Waals surface area (Å²) in [5.41, 5.74) is -13.2. The number of halogens is 15. The van der Waals surface area contributed by atoms with Gasteiger partial charge in [-0.05, 0) is 38.5 Å². The van der Waals surface area contributed by atoms with Crippen molar-refractivity contribution in [2.24, 2.45) is 0 Å². The molecule has 0 aliphatic rings. The summed E-state index contributed by atoms with van der Waals surface area (Å²) in [6.07, 6.45) is -33.1. The predicted octanol–water partition coefficient (Wildman–Crippen LogP) is 12.8. The molecule has 4 nitrogen and oxygen atoms in total. The van der Waals surface area contributed by atoms with Gasteiger partial charge in [-0.3, -0.25) is 0 Å². The summed E-state index contributed by atoms with van der Waals surface area (Å²) >= 11 is 0. The van der Waals surface area contributed by atoms with Crippen LogP contribution in [0, 0.1) is 0 Å². The van der Waals surface area contributed by atoms with E-state index >= 15 is 13.2 Å². The molecule has 20 heteroatoms. The fraction of sp³-hybridized carbons (Fsp3) is 1.00. The summed E-state index contributed by atoms with van der Waals surface area (Å²) in [6.45, 7) is 6.04. The van der Waals surface area contributed by atoms with E-state index in [0.29, 0.717) is 0 Å². The van der Waals surface area contributed by atoms with Crippen LogP contribution < -0.4 is 0 Å². The quantitative estimate of drug-likeness (QED) is 0.0729. The second kappa shape index (κ2) is 15.9. The van der Waals surface area contributed by atoms with Crippen LogP contribution in [0.15, 0.2) is 0 Å². The third kappa shape index (κ3) is 9.25. The molecule has 0 heterocycles. The Morgan fingerprint density at radius 1 is 0.362 bits per heavy atom. The molecule has 0 spiro atoms. The maximum absolute atomic E-state index is 15.2. The van der Waals surface area contributed by atoms with E-state index in [1.54, 1.807) is 0 Å². The van der Waals surface area contributed by atoms with E-state index in [1.165, 1.54) is 0 Å². The Hall–Kier alpha value is -0.940. The van der Waals surface area contributed by atoms with Crippen molar-refractivity contribution in [3.05, 3.63) is 0 Å². The van der Waals surface area contributed by atoms with Crippen LogP contribution in [0.5, 0.6) is 0 Å². The van der Waals surface area contributed by atoms with Gasteiger partial charge in [0, 0.05) is 0 Å². The van der Waals surface area contributed by atoms with Gasteiger partial charge in [-0.25, -0.2) is 31.3 Å². The monoisotopic (exact) mass is 746 g/mol. The Balaban J connectivity index is 7.52. The number of rotatable bonds is 24. The number of phosphoric ester groups is 1. The minimum Gasteiger partial charge on any atom is -0.237 e. The number of alkyl halides is 15. The SMILES string of the molecule is CCCC(F)(CCC)C(F)(F)C(F)(F)OP(=O)(OC(F)(F)C(F)(F)C(F)(CCC)CCC)OC(F)(F)C(F)(F)C(F)(CCC)CCC. The van der Waals surface area contributed by atoms with Gasteiger partial charge >= 0.3 is 43.9 Å². The topological polar surface area (TPSA) is 44.8 Å². The van der Waals surface area contributed by atoms with E-state index in [2.05, 4.69) is 13.6 Å². The minimum absolute atomic E-state index is 0.623. The summed E-state index contributed by atoms with van der Waals surface area (Å²) in [5.74, 6) is -19.0. The summed E-state index contributed by atoms with van der Waals surface area (Å²) in [5, 5.41) is 0. The molecule has 0 fully saturated rings. The van der Waals surface area contributed by atoms with E-state index in [0.717, 1.165) is 41.5 Å². The fourth-order valence-electron chi connectivity index (χ4n) is 5.13. The van der Waals surface area contributed by atoms with Crippen LogP contribution in [0.2, 0.25) is 0 Å². The van der Waals surface area contributed by atoms with Gasteiger partial charge in [0.2, 0.25) is 0 Å². The molecule has 284 valence electrons. The first-order chi connectivity index (χ1) is 21.0. The van der Waals surface area contributed by atoms with Gasteiger partial charge in [0.25, 0.3) is 0 Å². The zero-order valence-corrected chi connectivity index (χ0v) is 27.6. The van der Waals surface area contributed by atoms with Crippen LogP contribution in [-0.4, -0.2) is 53.1 Å². The molecular formula is C27H42F15O4P. The van der Waals surface area contributed by atoms with E-state index in [-0.39, 0.29) is 0 Å². The molecule has 47 heavy (non-hydrogen) atoms. The smallest absolute Gasteiger partial charge is 0.237 e. The van der Waals surface area contributed by atoms with Gasteiger partial charge in [-0.1, -0.05) is 80.1 Å². The lowest BCUT2D eigenvalue weighted by Crippen LogP contribution is -2.60. The molecule has 0 amide bonds. The van der Waals surface area contributed by atoms with Gasteiger partial charge in [0.05, 0.1) is 0 Å². The second-order valence-corrected chi connectivity index (χ2v) is 12.8. The molecule has 0 rings (SSSR count).